The molecule has 1 saturated heterocycles. The van der Waals surface area contributed by atoms with Gasteiger partial charge in [0, 0.05) is 46.2 Å². The van der Waals surface area contributed by atoms with E-state index in [1.54, 1.807) is 11.9 Å². The van der Waals surface area contributed by atoms with E-state index in [0.29, 0.717) is 25.9 Å². The van der Waals surface area contributed by atoms with Crippen molar-refractivity contribution < 1.29 is 23.8 Å². The van der Waals surface area contributed by atoms with Gasteiger partial charge in [0.25, 0.3) is 0 Å². The SMILES string of the molecule is CCCCCCCCCCCCCCCCCCNC(=O)OCC1(OC(=O)N(C)CCCN2CCOCC2)CC=CCC1. The van der Waals surface area contributed by atoms with E-state index in [-0.39, 0.29) is 12.7 Å². The number of carbonyl (C=O) groups is 2. The molecule has 0 aromatic heterocycles. The fraction of sp³-hybridized carbons (Fsp3) is 0.886. The van der Waals surface area contributed by atoms with Crippen LogP contribution < -0.4 is 5.32 Å². The zero-order valence-corrected chi connectivity index (χ0v) is 27.9. The van der Waals surface area contributed by atoms with Crippen molar-refractivity contribution in [2.45, 2.75) is 141 Å². The molecular weight excluding hydrogens is 542 g/mol. The molecule has 0 aromatic rings. The minimum Gasteiger partial charge on any atom is -0.445 e. The normalized spacial score (nSPS) is 18.8. The first-order chi connectivity index (χ1) is 21.0. The smallest absolute Gasteiger partial charge is 0.410 e. The van der Waals surface area contributed by atoms with E-state index in [9.17, 15) is 9.59 Å². The van der Waals surface area contributed by atoms with Crippen LogP contribution >= 0.6 is 0 Å². The van der Waals surface area contributed by atoms with E-state index >= 15 is 0 Å². The molecule has 1 atom stereocenters. The Bertz CT molecular complexity index is 743. The molecule has 2 amide bonds. The zero-order chi connectivity index (χ0) is 30.9. The molecule has 1 heterocycles. The summed E-state index contributed by atoms with van der Waals surface area (Å²) in [5.41, 5.74) is -0.796. The van der Waals surface area contributed by atoms with Crippen LogP contribution in [0.2, 0.25) is 0 Å². The number of amides is 2. The number of allylic oxidation sites excluding steroid dienone is 1. The van der Waals surface area contributed by atoms with Gasteiger partial charge in [-0.15, -0.1) is 0 Å². The van der Waals surface area contributed by atoms with Crippen molar-refractivity contribution in [3.8, 4) is 0 Å². The molecule has 1 N–H and O–H groups in total. The molecule has 250 valence electrons. The maximum absolute atomic E-state index is 12.9. The fourth-order valence-corrected chi connectivity index (χ4v) is 5.94. The van der Waals surface area contributed by atoms with Crippen LogP contribution in [-0.2, 0) is 14.2 Å². The largest absolute Gasteiger partial charge is 0.445 e. The predicted molar refractivity (Wildman–Crippen MR) is 176 cm³/mol. The second kappa shape index (κ2) is 24.5. The number of carbonyl (C=O) groups excluding carboxylic acids is 2. The van der Waals surface area contributed by atoms with Gasteiger partial charge in [-0.2, -0.15) is 0 Å². The second-order valence-electron chi connectivity index (χ2n) is 12.8. The predicted octanol–water partition coefficient (Wildman–Crippen LogP) is 8.24. The highest BCUT2D eigenvalue weighted by Crippen LogP contribution is 2.29. The Morgan fingerprint density at radius 3 is 1.98 bits per heavy atom. The molecule has 8 heteroatoms. The van der Waals surface area contributed by atoms with Crippen LogP contribution in [0.4, 0.5) is 9.59 Å². The molecule has 0 bridgehead atoms. The molecule has 2 rings (SSSR count). The van der Waals surface area contributed by atoms with Gasteiger partial charge >= 0.3 is 12.2 Å². The van der Waals surface area contributed by atoms with E-state index < -0.39 is 11.7 Å². The number of alkyl carbamates (subject to hydrolysis) is 1. The highest BCUT2D eigenvalue weighted by Gasteiger charge is 2.37. The van der Waals surface area contributed by atoms with Gasteiger partial charge < -0.3 is 24.4 Å². The van der Waals surface area contributed by atoms with E-state index in [0.717, 1.165) is 58.5 Å². The van der Waals surface area contributed by atoms with Crippen molar-refractivity contribution in [2.75, 3.05) is 59.6 Å². The van der Waals surface area contributed by atoms with Crippen LogP contribution in [0.1, 0.15) is 135 Å². The monoisotopic (exact) mass is 607 g/mol. The van der Waals surface area contributed by atoms with E-state index in [2.05, 4.69) is 23.2 Å². The fourth-order valence-electron chi connectivity index (χ4n) is 5.94. The number of unbranched alkanes of at least 4 members (excludes halogenated alkanes) is 15. The van der Waals surface area contributed by atoms with Crippen molar-refractivity contribution in [3.63, 3.8) is 0 Å². The average Bonchev–Trinajstić information content (AvgIpc) is 3.02. The quantitative estimate of drug-likeness (QED) is 0.0879. The summed E-state index contributed by atoms with van der Waals surface area (Å²) in [6.45, 7) is 8.00. The number of nitrogens with zero attached hydrogens (tertiary/aromatic N) is 2. The van der Waals surface area contributed by atoms with Gasteiger partial charge in [0.15, 0.2) is 5.60 Å². The van der Waals surface area contributed by atoms with Crippen molar-refractivity contribution in [2.24, 2.45) is 0 Å². The lowest BCUT2D eigenvalue weighted by Crippen LogP contribution is -2.46. The van der Waals surface area contributed by atoms with Crippen LogP contribution in [-0.4, -0.2) is 87.2 Å². The van der Waals surface area contributed by atoms with Crippen molar-refractivity contribution in [1.29, 1.82) is 0 Å². The Morgan fingerprint density at radius 2 is 1.42 bits per heavy atom. The molecular formula is C35H65N3O5. The molecule has 1 aliphatic carbocycles. The summed E-state index contributed by atoms with van der Waals surface area (Å²) >= 11 is 0. The van der Waals surface area contributed by atoms with Gasteiger partial charge in [0.05, 0.1) is 13.2 Å². The third-order valence-corrected chi connectivity index (χ3v) is 8.88. The number of nitrogens with one attached hydrogen (secondary N) is 1. The average molecular weight is 608 g/mol. The maximum Gasteiger partial charge on any atom is 0.410 e. The molecule has 0 aromatic carbocycles. The third-order valence-electron chi connectivity index (χ3n) is 8.88. The Balaban J connectivity index is 1.47. The first-order valence-electron chi connectivity index (χ1n) is 17.8. The first-order valence-corrected chi connectivity index (χ1v) is 17.8. The van der Waals surface area contributed by atoms with Gasteiger partial charge in [-0.05, 0) is 25.7 Å². The standard InChI is InChI=1S/C35H65N3O5/c1-3-4-5-6-7-8-9-10-11-12-13-14-15-16-17-21-25-36-33(39)42-32-35(23-19-18-20-24-35)43-34(40)37(2)26-22-27-38-28-30-41-31-29-38/h18-19H,3-17,20-32H2,1-2H3,(H,36,39). The number of rotatable bonds is 24. The summed E-state index contributed by atoms with van der Waals surface area (Å²) in [7, 11) is 1.78. The van der Waals surface area contributed by atoms with Crippen LogP contribution in [0, 0.1) is 0 Å². The summed E-state index contributed by atoms with van der Waals surface area (Å²) in [5, 5.41) is 2.88. The van der Waals surface area contributed by atoms with Crippen LogP contribution in [0.15, 0.2) is 12.2 Å². The second-order valence-corrected chi connectivity index (χ2v) is 12.8. The van der Waals surface area contributed by atoms with Gasteiger partial charge in [-0.3, -0.25) is 4.90 Å². The zero-order valence-electron chi connectivity index (χ0n) is 27.9. The number of morpholine rings is 1. The minimum absolute atomic E-state index is 0.0789. The van der Waals surface area contributed by atoms with Crippen molar-refractivity contribution in [3.05, 3.63) is 12.2 Å². The Labute approximate surface area is 263 Å². The van der Waals surface area contributed by atoms with Gasteiger partial charge in [0.2, 0.25) is 0 Å². The van der Waals surface area contributed by atoms with Gasteiger partial charge in [-0.1, -0.05) is 115 Å². The lowest BCUT2D eigenvalue weighted by Gasteiger charge is -2.35. The Morgan fingerprint density at radius 1 is 0.837 bits per heavy atom. The first kappa shape index (κ1) is 37.4. The summed E-state index contributed by atoms with van der Waals surface area (Å²) in [5.74, 6) is 0. The van der Waals surface area contributed by atoms with Crippen LogP contribution in [0.5, 0.6) is 0 Å². The van der Waals surface area contributed by atoms with Gasteiger partial charge in [-0.25, -0.2) is 9.59 Å². The molecule has 0 saturated carbocycles. The molecule has 1 aliphatic heterocycles. The number of hydrogen-bond donors (Lipinski definition) is 1. The highest BCUT2D eigenvalue weighted by molar-refractivity contribution is 5.68. The number of ether oxygens (including phenoxy) is 3. The summed E-state index contributed by atoms with van der Waals surface area (Å²) in [6.07, 6.45) is 27.5. The van der Waals surface area contributed by atoms with E-state index in [1.807, 2.05) is 6.08 Å². The van der Waals surface area contributed by atoms with E-state index in [4.69, 9.17) is 14.2 Å². The molecule has 0 spiro atoms. The van der Waals surface area contributed by atoms with Gasteiger partial charge in [0.1, 0.15) is 6.61 Å². The summed E-state index contributed by atoms with van der Waals surface area (Å²) in [6, 6.07) is 0. The molecule has 2 aliphatic rings. The molecule has 1 fully saturated rings. The van der Waals surface area contributed by atoms with Crippen molar-refractivity contribution in [1.82, 2.24) is 15.1 Å². The summed E-state index contributed by atoms with van der Waals surface area (Å²) < 4.78 is 16.9. The number of hydrogen-bond acceptors (Lipinski definition) is 6. The highest BCUT2D eigenvalue weighted by atomic mass is 16.6. The third kappa shape index (κ3) is 18.6. The molecule has 0 radical (unpaired) electrons. The maximum atomic E-state index is 12.9. The Hall–Kier alpha value is -1.80. The molecule has 43 heavy (non-hydrogen) atoms. The van der Waals surface area contributed by atoms with Crippen molar-refractivity contribution >= 4 is 12.2 Å². The topological polar surface area (TPSA) is 80.3 Å². The van der Waals surface area contributed by atoms with E-state index in [1.165, 1.54) is 89.9 Å². The summed E-state index contributed by atoms with van der Waals surface area (Å²) in [4.78, 5) is 29.3. The Kier molecular flexibility index (Phi) is 21.3. The minimum atomic E-state index is -0.796. The molecule has 8 nitrogen and oxygen atoms in total. The van der Waals surface area contributed by atoms with Crippen LogP contribution in [0.25, 0.3) is 0 Å². The lowest BCUT2D eigenvalue weighted by molar-refractivity contribution is -0.0518. The molecule has 1 unspecified atom stereocenters. The lowest BCUT2D eigenvalue weighted by atomic mass is 9.90. The van der Waals surface area contributed by atoms with Crippen LogP contribution in [0.3, 0.4) is 0 Å².